The lowest BCUT2D eigenvalue weighted by atomic mass is 10.2. The summed E-state index contributed by atoms with van der Waals surface area (Å²) in [5.41, 5.74) is 10.5. The van der Waals surface area contributed by atoms with E-state index in [1.54, 1.807) is 31.0 Å². The van der Waals surface area contributed by atoms with Crippen LogP contribution in [0.15, 0.2) is 37.2 Å². The lowest BCUT2D eigenvalue weighted by Gasteiger charge is -2.09. The number of aromatic nitrogens is 5. The number of hydrogen-bond donors (Lipinski definition) is 1. The maximum Gasteiger partial charge on any atom is 0.0998 e. The molecule has 0 spiro atoms. The second-order valence-corrected chi connectivity index (χ2v) is 4.60. The van der Waals surface area contributed by atoms with Crippen molar-refractivity contribution >= 4 is 5.69 Å². The van der Waals surface area contributed by atoms with Crippen LogP contribution in [-0.2, 0) is 13.5 Å². The molecule has 0 aliphatic carbocycles. The normalized spacial score (nSPS) is 10.9. The highest BCUT2D eigenvalue weighted by molar-refractivity contribution is 5.73. The molecular formula is C14H16N6. The number of rotatable bonds is 3. The minimum atomic E-state index is 0.684. The van der Waals surface area contributed by atoms with E-state index in [4.69, 9.17) is 5.73 Å². The average Bonchev–Trinajstić information content (AvgIpc) is 3.05. The molecule has 0 atom stereocenters. The van der Waals surface area contributed by atoms with Crippen LogP contribution in [0.3, 0.4) is 0 Å². The van der Waals surface area contributed by atoms with Gasteiger partial charge in [-0.15, -0.1) is 0 Å². The van der Waals surface area contributed by atoms with Gasteiger partial charge < -0.3 is 5.73 Å². The zero-order valence-corrected chi connectivity index (χ0v) is 11.5. The molecule has 3 rings (SSSR count). The Bertz CT molecular complexity index is 740. The largest absolute Gasteiger partial charge is 0.398 e. The fourth-order valence-electron chi connectivity index (χ4n) is 2.28. The molecule has 3 aromatic heterocycles. The summed E-state index contributed by atoms with van der Waals surface area (Å²) in [4.78, 5) is 8.39. The minimum Gasteiger partial charge on any atom is -0.398 e. The molecule has 0 saturated heterocycles. The van der Waals surface area contributed by atoms with Crippen molar-refractivity contribution in [3.05, 3.63) is 42.9 Å². The predicted molar refractivity (Wildman–Crippen MR) is 77.4 cm³/mol. The summed E-state index contributed by atoms with van der Waals surface area (Å²) in [6.45, 7) is 2.08. The van der Waals surface area contributed by atoms with Gasteiger partial charge in [0.1, 0.15) is 0 Å². The first-order chi connectivity index (χ1) is 9.70. The van der Waals surface area contributed by atoms with E-state index in [2.05, 4.69) is 22.0 Å². The van der Waals surface area contributed by atoms with Gasteiger partial charge in [0.05, 0.1) is 29.6 Å². The summed E-state index contributed by atoms with van der Waals surface area (Å²) in [5.74, 6) is 0. The summed E-state index contributed by atoms with van der Waals surface area (Å²) in [7, 11) is 1.91. The molecule has 0 aliphatic rings. The predicted octanol–water partition coefficient (Wildman–Crippen LogP) is 1.81. The van der Waals surface area contributed by atoms with Crippen LogP contribution in [-0.4, -0.2) is 24.3 Å². The summed E-state index contributed by atoms with van der Waals surface area (Å²) in [6, 6.07) is 1.79. The Balaban J connectivity index is 2.18. The zero-order valence-electron chi connectivity index (χ0n) is 11.5. The number of aryl methyl sites for hydroxylation is 2. The van der Waals surface area contributed by atoms with E-state index in [1.807, 2.05) is 22.5 Å². The Labute approximate surface area is 116 Å². The number of anilines is 1. The van der Waals surface area contributed by atoms with Gasteiger partial charge in [0.2, 0.25) is 0 Å². The quantitative estimate of drug-likeness (QED) is 0.786. The molecule has 3 heterocycles. The lowest BCUT2D eigenvalue weighted by molar-refractivity contribution is 0.746. The van der Waals surface area contributed by atoms with Gasteiger partial charge in [-0.3, -0.25) is 14.2 Å². The Morgan fingerprint density at radius 3 is 2.85 bits per heavy atom. The third-order valence-corrected chi connectivity index (χ3v) is 3.25. The fraction of sp³-hybridized carbons (Fsp3) is 0.214. The molecule has 2 N–H and O–H groups in total. The van der Waals surface area contributed by atoms with Gasteiger partial charge in [0.25, 0.3) is 0 Å². The standard InChI is InChI=1S/C14H16N6/c1-3-12-14(8-19(2)18-12)20-9-17-7-13(20)10-6-16-5-4-11(10)15/h4-9H,3H2,1-2H3,(H2,15,16). The van der Waals surface area contributed by atoms with Gasteiger partial charge in [-0.25, -0.2) is 4.98 Å². The molecule has 6 heteroatoms. The third kappa shape index (κ3) is 1.95. The first-order valence-electron chi connectivity index (χ1n) is 6.45. The summed E-state index contributed by atoms with van der Waals surface area (Å²) < 4.78 is 3.81. The van der Waals surface area contributed by atoms with Crippen molar-refractivity contribution in [1.82, 2.24) is 24.3 Å². The number of nitrogens with two attached hydrogens (primary N) is 1. The molecule has 0 amide bonds. The van der Waals surface area contributed by atoms with Crippen molar-refractivity contribution in [3.8, 4) is 16.9 Å². The SMILES string of the molecule is CCc1nn(C)cc1-n1cncc1-c1cnccc1N. The Morgan fingerprint density at radius 2 is 2.10 bits per heavy atom. The molecule has 20 heavy (non-hydrogen) atoms. The van der Waals surface area contributed by atoms with Crippen LogP contribution in [0.25, 0.3) is 16.9 Å². The van der Waals surface area contributed by atoms with Crippen LogP contribution in [0.4, 0.5) is 5.69 Å². The Hall–Kier alpha value is -2.63. The molecule has 0 bridgehead atoms. The zero-order chi connectivity index (χ0) is 14.1. The third-order valence-electron chi connectivity index (χ3n) is 3.25. The van der Waals surface area contributed by atoms with Crippen molar-refractivity contribution in [2.24, 2.45) is 7.05 Å². The highest BCUT2D eigenvalue weighted by Gasteiger charge is 2.14. The molecule has 0 fully saturated rings. The van der Waals surface area contributed by atoms with E-state index in [-0.39, 0.29) is 0 Å². The van der Waals surface area contributed by atoms with Crippen molar-refractivity contribution in [2.75, 3.05) is 5.73 Å². The second-order valence-electron chi connectivity index (χ2n) is 4.60. The second kappa shape index (κ2) is 4.80. The lowest BCUT2D eigenvalue weighted by Crippen LogP contribution is -2.00. The van der Waals surface area contributed by atoms with E-state index >= 15 is 0 Å². The van der Waals surface area contributed by atoms with Gasteiger partial charge in [-0.2, -0.15) is 5.10 Å². The van der Waals surface area contributed by atoms with E-state index in [0.717, 1.165) is 29.1 Å². The molecule has 3 aromatic rings. The smallest absolute Gasteiger partial charge is 0.0998 e. The molecule has 102 valence electrons. The van der Waals surface area contributed by atoms with Crippen LogP contribution >= 0.6 is 0 Å². The molecule has 0 unspecified atom stereocenters. The highest BCUT2D eigenvalue weighted by atomic mass is 15.3. The minimum absolute atomic E-state index is 0.684. The molecule has 0 saturated carbocycles. The number of hydrogen-bond acceptors (Lipinski definition) is 4. The van der Waals surface area contributed by atoms with Crippen molar-refractivity contribution < 1.29 is 0 Å². The molecular weight excluding hydrogens is 252 g/mol. The van der Waals surface area contributed by atoms with Crippen LogP contribution in [0, 0.1) is 0 Å². The van der Waals surface area contributed by atoms with E-state index in [9.17, 15) is 0 Å². The van der Waals surface area contributed by atoms with E-state index < -0.39 is 0 Å². The van der Waals surface area contributed by atoms with Crippen LogP contribution < -0.4 is 5.73 Å². The molecule has 0 radical (unpaired) electrons. The monoisotopic (exact) mass is 268 g/mol. The van der Waals surface area contributed by atoms with Crippen LogP contribution in [0.2, 0.25) is 0 Å². The Kier molecular flexibility index (Phi) is 2.98. The summed E-state index contributed by atoms with van der Waals surface area (Å²) in [6.07, 6.45) is 9.84. The van der Waals surface area contributed by atoms with Gasteiger partial charge in [-0.1, -0.05) is 6.92 Å². The topological polar surface area (TPSA) is 74.5 Å². The number of pyridine rings is 1. The molecule has 6 nitrogen and oxygen atoms in total. The molecule has 0 aromatic carbocycles. The summed E-state index contributed by atoms with van der Waals surface area (Å²) >= 11 is 0. The maximum atomic E-state index is 6.03. The summed E-state index contributed by atoms with van der Waals surface area (Å²) in [5, 5.41) is 4.46. The van der Waals surface area contributed by atoms with Crippen LogP contribution in [0.5, 0.6) is 0 Å². The average molecular weight is 268 g/mol. The van der Waals surface area contributed by atoms with Crippen molar-refractivity contribution in [3.63, 3.8) is 0 Å². The maximum absolute atomic E-state index is 6.03. The fourth-order valence-corrected chi connectivity index (χ4v) is 2.28. The highest BCUT2D eigenvalue weighted by Crippen LogP contribution is 2.27. The van der Waals surface area contributed by atoms with Gasteiger partial charge in [-0.05, 0) is 12.5 Å². The van der Waals surface area contributed by atoms with Crippen molar-refractivity contribution in [1.29, 1.82) is 0 Å². The van der Waals surface area contributed by atoms with Crippen molar-refractivity contribution in [2.45, 2.75) is 13.3 Å². The first kappa shape index (κ1) is 12.4. The molecule has 0 aliphatic heterocycles. The first-order valence-corrected chi connectivity index (χ1v) is 6.45. The number of imidazole rings is 1. The van der Waals surface area contributed by atoms with Crippen LogP contribution in [0.1, 0.15) is 12.6 Å². The number of nitrogen functional groups attached to an aromatic ring is 1. The van der Waals surface area contributed by atoms with Gasteiger partial charge >= 0.3 is 0 Å². The van der Waals surface area contributed by atoms with E-state index in [0.29, 0.717) is 5.69 Å². The van der Waals surface area contributed by atoms with E-state index in [1.165, 1.54) is 0 Å². The van der Waals surface area contributed by atoms with Gasteiger partial charge in [0.15, 0.2) is 0 Å². The van der Waals surface area contributed by atoms with Gasteiger partial charge in [0, 0.05) is 36.9 Å². The number of nitrogens with zero attached hydrogens (tertiary/aromatic N) is 5. The Morgan fingerprint density at radius 1 is 1.25 bits per heavy atom.